The smallest absolute Gasteiger partial charge is 0.223 e. The van der Waals surface area contributed by atoms with Crippen LogP contribution in [0.15, 0.2) is 42.5 Å². The molecule has 0 aromatic heterocycles. The van der Waals surface area contributed by atoms with Gasteiger partial charge in [-0.25, -0.2) is 0 Å². The summed E-state index contributed by atoms with van der Waals surface area (Å²) >= 11 is 0. The molecule has 1 amide bonds. The summed E-state index contributed by atoms with van der Waals surface area (Å²) in [6.07, 6.45) is 3.81. The second kappa shape index (κ2) is 8.78. The zero-order chi connectivity index (χ0) is 20.2. The Labute approximate surface area is 172 Å². The lowest BCUT2D eigenvalue weighted by molar-refractivity contribution is -0.134. The number of hydrogen-bond donors (Lipinski definition) is 1. The highest BCUT2D eigenvalue weighted by Crippen LogP contribution is 2.31. The van der Waals surface area contributed by atoms with Crippen molar-refractivity contribution in [3.63, 3.8) is 0 Å². The fraction of sp³-hybridized carbons (Fsp3) is 0.417. The van der Waals surface area contributed by atoms with Crippen molar-refractivity contribution < 1.29 is 14.3 Å². The molecular formula is C24H28N2O3. The summed E-state index contributed by atoms with van der Waals surface area (Å²) in [5.74, 6) is 0.863. The molecule has 1 fully saturated rings. The molecule has 1 heterocycles. The van der Waals surface area contributed by atoms with E-state index in [0.29, 0.717) is 13.1 Å². The highest BCUT2D eigenvalue weighted by atomic mass is 16.5. The van der Waals surface area contributed by atoms with Crippen LogP contribution < -0.4 is 10.1 Å². The van der Waals surface area contributed by atoms with Gasteiger partial charge in [-0.3, -0.25) is 9.59 Å². The standard InChI is InChI=1S/C24H28N2O3/c1-29-23-8-3-2-7-20(23)21-16-25-13-14-26(21)24(28)12-11-22(27)19-10-9-17-5-4-6-18(17)15-19/h2-3,7-10,15,21,25H,4-6,11-14,16H2,1H3. The molecule has 0 spiro atoms. The third-order valence-corrected chi connectivity index (χ3v) is 6.05. The van der Waals surface area contributed by atoms with Crippen molar-refractivity contribution >= 4 is 11.7 Å². The van der Waals surface area contributed by atoms with Crippen LogP contribution in [-0.2, 0) is 17.6 Å². The Hall–Kier alpha value is -2.66. The second-order valence-electron chi connectivity index (χ2n) is 7.81. The van der Waals surface area contributed by atoms with Crippen LogP contribution in [0.25, 0.3) is 0 Å². The van der Waals surface area contributed by atoms with Gasteiger partial charge in [-0.05, 0) is 42.5 Å². The van der Waals surface area contributed by atoms with Gasteiger partial charge in [0.15, 0.2) is 5.78 Å². The molecule has 4 rings (SSSR count). The number of benzene rings is 2. The van der Waals surface area contributed by atoms with Gasteiger partial charge in [0.05, 0.1) is 13.2 Å². The largest absolute Gasteiger partial charge is 0.496 e. The molecule has 29 heavy (non-hydrogen) atoms. The molecule has 1 aliphatic heterocycles. The summed E-state index contributed by atoms with van der Waals surface area (Å²) in [6, 6.07) is 13.8. The zero-order valence-corrected chi connectivity index (χ0v) is 16.9. The number of piperazine rings is 1. The number of rotatable bonds is 6. The van der Waals surface area contributed by atoms with Crippen LogP contribution in [0, 0.1) is 0 Å². The van der Waals surface area contributed by atoms with Crippen molar-refractivity contribution in [2.75, 3.05) is 26.7 Å². The highest BCUT2D eigenvalue weighted by molar-refractivity contribution is 5.98. The number of amides is 1. The van der Waals surface area contributed by atoms with Gasteiger partial charge in [0.1, 0.15) is 5.75 Å². The van der Waals surface area contributed by atoms with E-state index >= 15 is 0 Å². The van der Waals surface area contributed by atoms with E-state index in [1.165, 1.54) is 17.5 Å². The Kier molecular flexibility index (Phi) is 5.95. The first-order valence-electron chi connectivity index (χ1n) is 10.5. The molecule has 1 saturated heterocycles. The van der Waals surface area contributed by atoms with Gasteiger partial charge in [-0.2, -0.15) is 0 Å². The third kappa shape index (κ3) is 4.20. The molecule has 0 radical (unpaired) electrons. The highest BCUT2D eigenvalue weighted by Gasteiger charge is 2.29. The lowest BCUT2D eigenvalue weighted by Gasteiger charge is -2.37. The fourth-order valence-corrected chi connectivity index (χ4v) is 4.48. The molecule has 5 nitrogen and oxygen atoms in total. The van der Waals surface area contributed by atoms with E-state index in [-0.39, 0.29) is 30.6 Å². The Bertz CT molecular complexity index is 909. The number of nitrogens with zero attached hydrogens (tertiary/aromatic N) is 1. The van der Waals surface area contributed by atoms with Crippen molar-refractivity contribution in [1.82, 2.24) is 10.2 Å². The van der Waals surface area contributed by atoms with Crippen molar-refractivity contribution in [1.29, 1.82) is 0 Å². The van der Waals surface area contributed by atoms with Gasteiger partial charge >= 0.3 is 0 Å². The van der Waals surface area contributed by atoms with Crippen LogP contribution >= 0.6 is 0 Å². The average molecular weight is 392 g/mol. The molecule has 0 bridgehead atoms. The predicted molar refractivity (Wildman–Crippen MR) is 112 cm³/mol. The maximum absolute atomic E-state index is 13.0. The summed E-state index contributed by atoms with van der Waals surface area (Å²) in [5.41, 5.74) is 4.39. The lowest BCUT2D eigenvalue weighted by Crippen LogP contribution is -2.48. The zero-order valence-electron chi connectivity index (χ0n) is 16.9. The van der Waals surface area contributed by atoms with E-state index in [4.69, 9.17) is 4.74 Å². The van der Waals surface area contributed by atoms with Crippen molar-refractivity contribution in [3.05, 3.63) is 64.7 Å². The molecule has 2 aromatic carbocycles. The van der Waals surface area contributed by atoms with Crippen molar-refractivity contribution in [2.45, 2.75) is 38.1 Å². The Balaban J connectivity index is 1.43. The summed E-state index contributed by atoms with van der Waals surface area (Å²) in [5, 5.41) is 3.37. The third-order valence-electron chi connectivity index (χ3n) is 6.05. The number of methoxy groups -OCH3 is 1. The van der Waals surface area contributed by atoms with E-state index < -0.39 is 0 Å². The molecule has 1 atom stereocenters. The first kappa shape index (κ1) is 19.6. The van der Waals surface area contributed by atoms with Crippen LogP contribution in [0.5, 0.6) is 5.75 Å². The number of fused-ring (bicyclic) bond motifs is 1. The van der Waals surface area contributed by atoms with E-state index in [2.05, 4.69) is 11.4 Å². The topological polar surface area (TPSA) is 58.6 Å². The maximum atomic E-state index is 13.0. The number of Topliss-reactive ketones (excluding diaryl/α,β-unsaturated/α-hetero) is 1. The molecule has 152 valence electrons. The van der Waals surface area contributed by atoms with Gasteiger partial charge < -0.3 is 15.0 Å². The van der Waals surface area contributed by atoms with E-state index in [9.17, 15) is 9.59 Å². The quantitative estimate of drug-likeness (QED) is 0.766. The molecule has 1 N–H and O–H groups in total. The molecule has 0 saturated carbocycles. The van der Waals surface area contributed by atoms with Gasteiger partial charge in [-0.15, -0.1) is 0 Å². The normalized spacial score (nSPS) is 18.4. The molecule has 2 aliphatic rings. The Morgan fingerprint density at radius 3 is 2.79 bits per heavy atom. The Morgan fingerprint density at radius 2 is 1.93 bits per heavy atom. The van der Waals surface area contributed by atoms with Crippen molar-refractivity contribution in [3.8, 4) is 5.75 Å². The maximum Gasteiger partial charge on any atom is 0.223 e. The number of aryl methyl sites for hydroxylation is 2. The SMILES string of the molecule is COc1ccccc1C1CNCCN1C(=O)CCC(=O)c1ccc2c(c1)CCC2. The lowest BCUT2D eigenvalue weighted by atomic mass is 9.99. The molecule has 5 heteroatoms. The van der Waals surface area contributed by atoms with Crippen LogP contribution in [0.3, 0.4) is 0 Å². The summed E-state index contributed by atoms with van der Waals surface area (Å²) in [4.78, 5) is 27.6. The summed E-state index contributed by atoms with van der Waals surface area (Å²) in [6.45, 7) is 2.08. The minimum Gasteiger partial charge on any atom is -0.496 e. The number of para-hydroxylation sites is 1. The molecular weight excluding hydrogens is 364 g/mol. The van der Waals surface area contributed by atoms with Gasteiger partial charge in [0, 0.05) is 43.6 Å². The second-order valence-corrected chi connectivity index (χ2v) is 7.81. The molecule has 2 aromatic rings. The summed E-state index contributed by atoms with van der Waals surface area (Å²) in [7, 11) is 1.65. The minimum atomic E-state index is -0.0810. The van der Waals surface area contributed by atoms with Gasteiger partial charge in [0.25, 0.3) is 0 Å². The fourth-order valence-electron chi connectivity index (χ4n) is 4.48. The van der Waals surface area contributed by atoms with Crippen LogP contribution in [-0.4, -0.2) is 43.3 Å². The number of hydrogen-bond acceptors (Lipinski definition) is 4. The van der Waals surface area contributed by atoms with Crippen molar-refractivity contribution in [2.24, 2.45) is 0 Å². The van der Waals surface area contributed by atoms with Gasteiger partial charge in [0.2, 0.25) is 5.91 Å². The summed E-state index contributed by atoms with van der Waals surface area (Å²) < 4.78 is 5.50. The monoisotopic (exact) mass is 392 g/mol. The van der Waals surface area contributed by atoms with Crippen LogP contribution in [0.2, 0.25) is 0 Å². The minimum absolute atomic E-state index is 0.0249. The number of ketones is 1. The van der Waals surface area contributed by atoms with E-state index in [1.54, 1.807) is 7.11 Å². The van der Waals surface area contributed by atoms with Crippen LogP contribution in [0.4, 0.5) is 0 Å². The number of nitrogens with one attached hydrogen (secondary N) is 1. The first-order chi connectivity index (χ1) is 14.2. The van der Waals surface area contributed by atoms with E-state index in [1.807, 2.05) is 41.3 Å². The molecule has 1 unspecified atom stereocenters. The van der Waals surface area contributed by atoms with E-state index in [0.717, 1.165) is 36.3 Å². The number of carbonyl (C=O) groups excluding carboxylic acids is 2. The number of carbonyl (C=O) groups is 2. The predicted octanol–water partition coefficient (Wildman–Crippen LogP) is 3.32. The van der Waals surface area contributed by atoms with Crippen LogP contribution in [0.1, 0.15) is 52.4 Å². The Morgan fingerprint density at radius 1 is 1.10 bits per heavy atom. The first-order valence-corrected chi connectivity index (χ1v) is 10.5. The van der Waals surface area contributed by atoms with Gasteiger partial charge in [-0.1, -0.05) is 30.3 Å². The molecule has 1 aliphatic carbocycles. The number of ether oxygens (including phenoxy) is 1. The average Bonchev–Trinajstić information content (AvgIpc) is 3.25.